The van der Waals surface area contributed by atoms with Crippen LogP contribution in [0.2, 0.25) is 0 Å². The van der Waals surface area contributed by atoms with Gasteiger partial charge in [0.2, 0.25) is 0 Å². The van der Waals surface area contributed by atoms with Gasteiger partial charge in [0.25, 0.3) is 6.47 Å². The lowest BCUT2D eigenvalue weighted by Crippen LogP contribution is -1.93. The van der Waals surface area contributed by atoms with Gasteiger partial charge in [-0.05, 0) is 17.4 Å². The third-order valence-corrected chi connectivity index (χ3v) is 2.98. The van der Waals surface area contributed by atoms with Crippen LogP contribution in [0, 0.1) is 0 Å². The van der Waals surface area contributed by atoms with Gasteiger partial charge in [0, 0.05) is 23.7 Å². The van der Waals surface area contributed by atoms with Gasteiger partial charge in [0.1, 0.15) is 5.75 Å². The summed E-state index contributed by atoms with van der Waals surface area (Å²) in [5.74, 6) is 0.624. The zero-order valence-corrected chi connectivity index (χ0v) is 8.69. The molecule has 0 spiro atoms. The Hall–Kier alpha value is -2.03. The summed E-state index contributed by atoms with van der Waals surface area (Å²) in [5.41, 5.74) is 2.39. The zero-order valence-electron chi connectivity index (χ0n) is 8.69. The number of benzene rings is 2. The van der Waals surface area contributed by atoms with Crippen LogP contribution in [0.15, 0.2) is 30.3 Å². The molecule has 0 fully saturated rings. The molecule has 0 aliphatic carbocycles. The first kappa shape index (κ1) is 9.21. The van der Waals surface area contributed by atoms with Crippen LogP contribution in [-0.4, -0.2) is 13.0 Å². The number of hydrogen-bond acceptors (Lipinski definition) is 3. The van der Waals surface area contributed by atoms with Crippen molar-refractivity contribution in [1.82, 2.24) is 0 Å². The number of nitrogens with one attached hydrogen (secondary N) is 1. The second-order valence-electron chi connectivity index (χ2n) is 3.84. The number of rotatable bonds is 2. The lowest BCUT2D eigenvalue weighted by Gasteiger charge is -2.09. The summed E-state index contributed by atoms with van der Waals surface area (Å²) in [5, 5.41) is 5.46. The fraction of sp³-hybridized carbons (Fsp3) is 0.154. The Morgan fingerprint density at radius 1 is 1.25 bits per heavy atom. The van der Waals surface area contributed by atoms with E-state index in [-0.39, 0.29) is 0 Å². The molecule has 1 aliphatic heterocycles. The van der Waals surface area contributed by atoms with Crippen LogP contribution >= 0.6 is 0 Å². The van der Waals surface area contributed by atoms with Gasteiger partial charge < -0.3 is 10.1 Å². The molecule has 80 valence electrons. The van der Waals surface area contributed by atoms with E-state index in [9.17, 15) is 4.79 Å². The van der Waals surface area contributed by atoms with Gasteiger partial charge in [0.15, 0.2) is 0 Å². The first-order chi connectivity index (χ1) is 7.90. The second-order valence-corrected chi connectivity index (χ2v) is 3.84. The van der Waals surface area contributed by atoms with Gasteiger partial charge >= 0.3 is 0 Å². The molecule has 16 heavy (non-hydrogen) atoms. The summed E-state index contributed by atoms with van der Waals surface area (Å²) < 4.78 is 5.02. The van der Waals surface area contributed by atoms with Crippen LogP contribution in [0.25, 0.3) is 10.8 Å². The molecule has 0 unspecified atom stereocenters. The smallest absolute Gasteiger partial charge is 0.298 e. The van der Waals surface area contributed by atoms with Crippen LogP contribution < -0.4 is 10.1 Å². The van der Waals surface area contributed by atoms with Crippen molar-refractivity contribution in [3.8, 4) is 5.75 Å². The topological polar surface area (TPSA) is 38.3 Å². The van der Waals surface area contributed by atoms with Gasteiger partial charge in [-0.1, -0.05) is 24.3 Å². The number of hydrogen-bond donors (Lipinski definition) is 1. The van der Waals surface area contributed by atoms with Crippen molar-refractivity contribution in [1.29, 1.82) is 0 Å². The summed E-state index contributed by atoms with van der Waals surface area (Å²) in [7, 11) is 0. The summed E-state index contributed by atoms with van der Waals surface area (Å²) in [6.45, 7) is 1.42. The molecule has 3 nitrogen and oxygen atoms in total. The van der Waals surface area contributed by atoms with Crippen LogP contribution in [0.4, 0.5) is 5.69 Å². The average molecular weight is 213 g/mol. The molecule has 0 atom stereocenters. The Balaban J connectivity index is 2.35. The fourth-order valence-electron chi connectivity index (χ4n) is 2.30. The van der Waals surface area contributed by atoms with Gasteiger partial charge in [-0.15, -0.1) is 0 Å². The second kappa shape index (κ2) is 3.52. The van der Waals surface area contributed by atoms with Crippen LogP contribution in [0.5, 0.6) is 5.75 Å². The van der Waals surface area contributed by atoms with E-state index in [4.69, 9.17) is 4.74 Å². The third kappa shape index (κ3) is 1.25. The molecule has 0 amide bonds. The van der Waals surface area contributed by atoms with E-state index in [0.29, 0.717) is 12.2 Å². The van der Waals surface area contributed by atoms with E-state index in [0.717, 1.165) is 24.0 Å². The molecule has 1 N–H and O–H groups in total. The van der Waals surface area contributed by atoms with Crippen molar-refractivity contribution in [2.75, 3.05) is 11.9 Å². The highest BCUT2D eigenvalue weighted by Crippen LogP contribution is 2.36. The zero-order chi connectivity index (χ0) is 11.0. The van der Waals surface area contributed by atoms with Crippen molar-refractivity contribution in [3.63, 3.8) is 0 Å². The maximum atomic E-state index is 10.5. The first-order valence-electron chi connectivity index (χ1n) is 5.29. The number of fused-ring (bicyclic) bond motifs is 3. The minimum absolute atomic E-state index is 0.475. The average Bonchev–Trinajstić information content (AvgIpc) is 2.78. The molecule has 0 saturated heterocycles. The van der Waals surface area contributed by atoms with Crippen molar-refractivity contribution in [2.45, 2.75) is 6.42 Å². The fourth-order valence-corrected chi connectivity index (χ4v) is 2.30. The molecular formula is C13H11NO2. The van der Waals surface area contributed by atoms with E-state index in [1.165, 1.54) is 10.9 Å². The minimum Gasteiger partial charge on any atom is -0.428 e. The molecule has 0 saturated carbocycles. The number of ether oxygens (including phenoxy) is 1. The van der Waals surface area contributed by atoms with Gasteiger partial charge in [-0.25, -0.2) is 0 Å². The summed E-state index contributed by atoms with van der Waals surface area (Å²) in [6, 6.07) is 9.91. The first-order valence-corrected chi connectivity index (χ1v) is 5.29. The lowest BCUT2D eigenvalue weighted by atomic mass is 10.0. The monoisotopic (exact) mass is 213 g/mol. The maximum absolute atomic E-state index is 10.5. The predicted octanol–water partition coefficient (Wildman–Crippen LogP) is 2.34. The van der Waals surface area contributed by atoms with E-state index >= 15 is 0 Å². The number of carbonyl (C=O) groups is 1. The van der Waals surface area contributed by atoms with Crippen molar-refractivity contribution in [3.05, 3.63) is 35.9 Å². The van der Waals surface area contributed by atoms with Crippen molar-refractivity contribution < 1.29 is 9.53 Å². The Morgan fingerprint density at radius 3 is 2.88 bits per heavy atom. The number of anilines is 1. The SMILES string of the molecule is O=COc1cc2c(c3ccccc13)CCN2. The molecule has 0 bridgehead atoms. The van der Waals surface area contributed by atoms with Crippen LogP contribution in [0.1, 0.15) is 5.56 Å². The molecule has 1 aliphatic rings. The molecule has 2 aromatic rings. The van der Waals surface area contributed by atoms with E-state index in [2.05, 4.69) is 11.4 Å². The quantitative estimate of drug-likeness (QED) is 0.778. The molecule has 1 heterocycles. The Morgan fingerprint density at radius 2 is 2.06 bits per heavy atom. The maximum Gasteiger partial charge on any atom is 0.298 e. The van der Waals surface area contributed by atoms with Crippen molar-refractivity contribution >= 4 is 22.9 Å². The highest BCUT2D eigenvalue weighted by molar-refractivity contribution is 5.96. The largest absolute Gasteiger partial charge is 0.428 e. The number of carbonyl (C=O) groups excluding carboxylic acids is 1. The Labute approximate surface area is 93.0 Å². The molecule has 0 radical (unpaired) electrons. The molecule has 3 rings (SSSR count). The van der Waals surface area contributed by atoms with Crippen molar-refractivity contribution in [2.24, 2.45) is 0 Å². The van der Waals surface area contributed by atoms with Crippen LogP contribution in [0.3, 0.4) is 0 Å². The molecule has 2 aromatic carbocycles. The van der Waals surface area contributed by atoms with E-state index in [1.807, 2.05) is 24.3 Å². The summed E-state index contributed by atoms with van der Waals surface area (Å²) in [6.07, 6.45) is 1.03. The van der Waals surface area contributed by atoms with E-state index < -0.39 is 0 Å². The normalized spacial score (nSPS) is 13.2. The summed E-state index contributed by atoms with van der Waals surface area (Å²) >= 11 is 0. The standard InChI is InChI=1S/C13H11NO2/c15-8-16-13-7-12-10(5-6-14-12)9-3-1-2-4-11(9)13/h1-4,7-8,14H,5-6H2. The van der Waals surface area contributed by atoms with Crippen LogP contribution in [-0.2, 0) is 11.2 Å². The highest BCUT2D eigenvalue weighted by Gasteiger charge is 2.16. The predicted molar refractivity (Wildman–Crippen MR) is 62.8 cm³/mol. The van der Waals surface area contributed by atoms with E-state index in [1.54, 1.807) is 0 Å². The highest BCUT2D eigenvalue weighted by atomic mass is 16.5. The minimum atomic E-state index is 0.475. The van der Waals surface area contributed by atoms with Gasteiger partial charge in [0.05, 0.1) is 0 Å². The molecular weight excluding hydrogens is 202 g/mol. The summed E-state index contributed by atoms with van der Waals surface area (Å²) in [4.78, 5) is 10.5. The Kier molecular flexibility index (Phi) is 2.03. The van der Waals surface area contributed by atoms with Gasteiger partial charge in [-0.3, -0.25) is 4.79 Å². The molecule has 3 heteroatoms. The molecule has 0 aromatic heterocycles. The Bertz CT molecular complexity index is 563. The third-order valence-electron chi connectivity index (χ3n) is 2.98. The van der Waals surface area contributed by atoms with Gasteiger partial charge in [-0.2, -0.15) is 0 Å². The lowest BCUT2D eigenvalue weighted by molar-refractivity contribution is -0.120.